The quantitative estimate of drug-likeness (QED) is 0.428. The van der Waals surface area contributed by atoms with Crippen molar-refractivity contribution < 1.29 is 14.7 Å². The van der Waals surface area contributed by atoms with Gasteiger partial charge in [-0.25, -0.2) is 0 Å². The Morgan fingerprint density at radius 1 is 1.62 bits per heavy atom. The molecule has 0 aromatic heterocycles. The fourth-order valence-corrected chi connectivity index (χ4v) is 0.337. The molecule has 46 valence electrons. The number of carbonyl (C=O) groups excluding carboxylic acids is 1. The van der Waals surface area contributed by atoms with E-state index in [0.717, 1.165) is 6.29 Å². The molecule has 3 nitrogen and oxygen atoms in total. The fourth-order valence-electron chi connectivity index (χ4n) is 0.337. The normalized spacial score (nSPS) is 8.50. The molecule has 8 heavy (non-hydrogen) atoms. The molecule has 0 rings (SSSR count). The summed E-state index contributed by atoms with van der Waals surface area (Å²) in [5.74, 6) is -0.841. The highest BCUT2D eigenvalue weighted by Gasteiger charge is 1.93. The van der Waals surface area contributed by atoms with E-state index in [0.29, 0.717) is 12.8 Å². The first kappa shape index (κ1) is 7.14. The number of carbonyl (C=O) groups is 2. The number of aldehydes is 1. The lowest BCUT2D eigenvalue weighted by Crippen LogP contribution is -1.93. The van der Waals surface area contributed by atoms with E-state index in [-0.39, 0.29) is 6.42 Å². The monoisotopic (exact) mass is 116 g/mol. The standard InChI is InChI=1S/C5H8O3/c6-4-2-1-3-5(7)8/h4H,1-3H2,(H,7,8). The Kier molecular flexibility index (Phi) is 3.84. The van der Waals surface area contributed by atoms with Gasteiger partial charge in [-0.3, -0.25) is 4.79 Å². The van der Waals surface area contributed by atoms with Crippen LogP contribution in [0.1, 0.15) is 19.3 Å². The molecule has 0 heterocycles. The van der Waals surface area contributed by atoms with Gasteiger partial charge in [0, 0.05) is 12.8 Å². The topological polar surface area (TPSA) is 54.4 Å². The van der Waals surface area contributed by atoms with Gasteiger partial charge >= 0.3 is 5.97 Å². The molecule has 0 saturated carbocycles. The van der Waals surface area contributed by atoms with E-state index in [1.807, 2.05) is 0 Å². The van der Waals surface area contributed by atoms with Crippen molar-refractivity contribution >= 4 is 12.3 Å². The van der Waals surface area contributed by atoms with Crippen molar-refractivity contribution in [3.8, 4) is 0 Å². The average molecular weight is 116 g/mol. The molecule has 0 amide bonds. The van der Waals surface area contributed by atoms with Crippen molar-refractivity contribution in [2.45, 2.75) is 19.3 Å². The van der Waals surface area contributed by atoms with Gasteiger partial charge in [-0.15, -0.1) is 0 Å². The van der Waals surface area contributed by atoms with Crippen molar-refractivity contribution in [2.24, 2.45) is 0 Å². The number of rotatable bonds is 4. The minimum absolute atomic E-state index is 0.0960. The Hall–Kier alpha value is -0.860. The summed E-state index contributed by atoms with van der Waals surface area (Å²) >= 11 is 0. The zero-order valence-corrected chi connectivity index (χ0v) is 4.46. The second-order valence-electron chi connectivity index (χ2n) is 1.45. The third-order valence-electron chi connectivity index (χ3n) is 0.713. The molecular formula is C5H8O3. The van der Waals surface area contributed by atoms with Gasteiger partial charge in [-0.2, -0.15) is 0 Å². The molecule has 3 heteroatoms. The number of carboxylic acids is 1. The van der Waals surface area contributed by atoms with Crippen LogP contribution in [0.25, 0.3) is 0 Å². The highest BCUT2D eigenvalue weighted by atomic mass is 16.4. The van der Waals surface area contributed by atoms with Crippen LogP contribution in [-0.2, 0) is 9.59 Å². The largest absolute Gasteiger partial charge is 0.481 e. The van der Waals surface area contributed by atoms with Crippen LogP contribution in [0.3, 0.4) is 0 Å². The molecule has 0 spiro atoms. The van der Waals surface area contributed by atoms with Crippen LogP contribution < -0.4 is 0 Å². The summed E-state index contributed by atoms with van der Waals surface area (Å²) in [4.78, 5) is 19.4. The SMILES string of the molecule is O=CCCCC(=O)O. The lowest BCUT2D eigenvalue weighted by Gasteiger charge is -1.85. The summed E-state index contributed by atoms with van der Waals surface area (Å²) in [7, 11) is 0. The third-order valence-corrected chi connectivity index (χ3v) is 0.713. The van der Waals surface area contributed by atoms with E-state index in [4.69, 9.17) is 5.11 Å². The number of hydrogen-bond acceptors (Lipinski definition) is 2. The van der Waals surface area contributed by atoms with Crippen molar-refractivity contribution in [1.82, 2.24) is 0 Å². The minimum atomic E-state index is -0.841. The number of unbranched alkanes of at least 4 members (excludes halogenated alkanes) is 1. The molecule has 0 aromatic rings. The first-order valence-corrected chi connectivity index (χ1v) is 2.43. The zero-order chi connectivity index (χ0) is 6.41. The van der Waals surface area contributed by atoms with Gasteiger partial charge in [0.2, 0.25) is 0 Å². The van der Waals surface area contributed by atoms with E-state index in [1.54, 1.807) is 0 Å². The van der Waals surface area contributed by atoms with E-state index < -0.39 is 5.97 Å². The molecule has 0 atom stereocenters. The third kappa shape index (κ3) is 5.14. The molecule has 0 aliphatic carbocycles. The highest BCUT2D eigenvalue weighted by molar-refractivity contribution is 5.67. The van der Waals surface area contributed by atoms with Gasteiger partial charge in [-0.1, -0.05) is 0 Å². The summed E-state index contributed by atoms with van der Waals surface area (Å²) in [6.45, 7) is 0. The van der Waals surface area contributed by atoms with Gasteiger partial charge in [-0.05, 0) is 6.42 Å². The van der Waals surface area contributed by atoms with Crippen LogP contribution in [0.15, 0.2) is 0 Å². The Labute approximate surface area is 47.3 Å². The summed E-state index contributed by atoms with van der Waals surface area (Å²) in [5.41, 5.74) is 0. The average Bonchev–Trinajstić information content (AvgIpc) is 1.66. The Morgan fingerprint density at radius 2 is 2.25 bits per heavy atom. The molecular weight excluding hydrogens is 108 g/mol. The predicted octanol–water partition coefficient (Wildman–Crippen LogP) is 0.440. The van der Waals surface area contributed by atoms with Crippen LogP contribution in [0, 0.1) is 0 Å². The summed E-state index contributed by atoms with van der Waals surface area (Å²) < 4.78 is 0. The van der Waals surface area contributed by atoms with E-state index >= 15 is 0 Å². The molecule has 1 N–H and O–H groups in total. The van der Waals surface area contributed by atoms with Gasteiger partial charge in [0.05, 0.1) is 0 Å². The lowest BCUT2D eigenvalue weighted by molar-refractivity contribution is -0.137. The van der Waals surface area contributed by atoms with Gasteiger partial charge < -0.3 is 9.90 Å². The molecule has 0 aromatic carbocycles. The molecule has 0 aliphatic rings. The molecule has 0 bridgehead atoms. The van der Waals surface area contributed by atoms with Crippen LogP contribution in [0.4, 0.5) is 0 Å². The minimum Gasteiger partial charge on any atom is -0.481 e. The van der Waals surface area contributed by atoms with E-state index in [1.165, 1.54) is 0 Å². The zero-order valence-electron chi connectivity index (χ0n) is 4.46. The van der Waals surface area contributed by atoms with Gasteiger partial charge in [0.1, 0.15) is 6.29 Å². The summed E-state index contributed by atoms with van der Waals surface area (Å²) in [5, 5.41) is 8.02. The maximum Gasteiger partial charge on any atom is 0.303 e. The van der Waals surface area contributed by atoms with Crippen molar-refractivity contribution in [3.05, 3.63) is 0 Å². The van der Waals surface area contributed by atoms with Crippen LogP contribution in [-0.4, -0.2) is 17.4 Å². The van der Waals surface area contributed by atoms with Gasteiger partial charge in [0.15, 0.2) is 0 Å². The maximum absolute atomic E-state index is 9.76. The molecule has 0 saturated heterocycles. The molecule has 0 radical (unpaired) electrons. The smallest absolute Gasteiger partial charge is 0.303 e. The number of hydrogen-bond donors (Lipinski definition) is 1. The predicted molar refractivity (Wildman–Crippen MR) is 27.6 cm³/mol. The van der Waals surface area contributed by atoms with Crippen molar-refractivity contribution in [3.63, 3.8) is 0 Å². The van der Waals surface area contributed by atoms with Crippen LogP contribution in [0.5, 0.6) is 0 Å². The number of aliphatic carboxylic acids is 1. The summed E-state index contributed by atoms with van der Waals surface area (Å²) in [6, 6.07) is 0. The number of carboxylic acid groups (broad SMARTS) is 1. The Morgan fingerprint density at radius 3 is 2.62 bits per heavy atom. The van der Waals surface area contributed by atoms with Crippen LogP contribution >= 0.6 is 0 Å². The van der Waals surface area contributed by atoms with Gasteiger partial charge in [0.25, 0.3) is 0 Å². The van der Waals surface area contributed by atoms with Crippen LogP contribution in [0.2, 0.25) is 0 Å². The van der Waals surface area contributed by atoms with Crippen molar-refractivity contribution in [1.29, 1.82) is 0 Å². The molecule has 0 fully saturated rings. The highest BCUT2D eigenvalue weighted by Crippen LogP contribution is 1.90. The van der Waals surface area contributed by atoms with E-state index in [2.05, 4.69) is 0 Å². The Bertz CT molecular complexity index is 87.7. The maximum atomic E-state index is 9.76. The summed E-state index contributed by atoms with van der Waals surface area (Å²) in [6.07, 6.45) is 1.63. The Balaban J connectivity index is 2.93. The fraction of sp³-hybridized carbons (Fsp3) is 0.600. The second kappa shape index (κ2) is 4.30. The lowest BCUT2D eigenvalue weighted by atomic mass is 10.2. The first-order valence-electron chi connectivity index (χ1n) is 2.43. The molecule has 0 aliphatic heterocycles. The first-order chi connectivity index (χ1) is 3.77. The molecule has 0 unspecified atom stereocenters. The van der Waals surface area contributed by atoms with Crippen molar-refractivity contribution in [2.75, 3.05) is 0 Å². The second-order valence-corrected chi connectivity index (χ2v) is 1.45. The van der Waals surface area contributed by atoms with E-state index in [9.17, 15) is 9.59 Å².